The van der Waals surface area contributed by atoms with Gasteiger partial charge >= 0.3 is 0 Å². The molecule has 23 heavy (non-hydrogen) atoms. The van der Waals surface area contributed by atoms with Gasteiger partial charge in [0.1, 0.15) is 11.5 Å². The second kappa shape index (κ2) is 6.41. The van der Waals surface area contributed by atoms with E-state index in [2.05, 4.69) is 4.99 Å². The summed E-state index contributed by atoms with van der Waals surface area (Å²) in [5.41, 5.74) is 1.98. The summed E-state index contributed by atoms with van der Waals surface area (Å²) in [7, 11) is 0. The number of rotatable bonds is 2. The van der Waals surface area contributed by atoms with Gasteiger partial charge in [-0.2, -0.15) is 0 Å². The molecule has 0 saturated heterocycles. The molecule has 0 amide bonds. The topological polar surface area (TPSA) is 49.7 Å². The highest BCUT2D eigenvalue weighted by atomic mass is 35.5. The van der Waals surface area contributed by atoms with Gasteiger partial charge in [0.2, 0.25) is 0 Å². The Hall–Kier alpha value is -2.36. The normalized spacial score (nSPS) is 16.7. The highest BCUT2D eigenvalue weighted by Crippen LogP contribution is 2.33. The van der Waals surface area contributed by atoms with Crippen molar-refractivity contribution in [3.63, 3.8) is 0 Å². The maximum Gasteiger partial charge on any atom is 0.189 e. The van der Waals surface area contributed by atoms with Gasteiger partial charge in [-0.15, -0.1) is 0 Å². The largest absolute Gasteiger partial charge is 0.508 e. The van der Waals surface area contributed by atoms with Gasteiger partial charge in [0.05, 0.1) is 21.3 Å². The van der Waals surface area contributed by atoms with Crippen molar-refractivity contribution in [1.29, 1.82) is 0 Å². The number of aromatic hydroxyl groups is 1. The molecule has 5 heteroatoms. The summed E-state index contributed by atoms with van der Waals surface area (Å²) in [4.78, 5) is 16.7. The van der Waals surface area contributed by atoms with Crippen LogP contribution < -0.4 is 0 Å². The van der Waals surface area contributed by atoms with Crippen molar-refractivity contribution in [1.82, 2.24) is 0 Å². The molecule has 1 aliphatic carbocycles. The number of halogens is 2. The number of carbonyl (C=O) groups excluding carboxylic acids is 1. The number of aliphatic imine (C=N–C) groups is 1. The Morgan fingerprint density at radius 2 is 1.57 bits per heavy atom. The molecule has 0 bridgehead atoms. The molecule has 0 unspecified atom stereocenters. The van der Waals surface area contributed by atoms with Gasteiger partial charge in [-0.05, 0) is 29.8 Å². The predicted molar refractivity (Wildman–Crippen MR) is 93.4 cm³/mol. The molecule has 0 fully saturated rings. The molecule has 0 heterocycles. The average Bonchev–Trinajstić information content (AvgIpc) is 2.54. The van der Waals surface area contributed by atoms with Crippen LogP contribution in [0.3, 0.4) is 0 Å². The third-order valence-electron chi connectivity index (χ3n) is 3.31. The molecule has 1 N–H and O–H groups in total. The van der Waals surface area contributed by atoms with Crippen molar-refractivity contribution in [2.75, 3.05) is 0 Å². The highest BCUT2D eigenvalue weighted by Gasteiger charge is 2.26. The van der Waals surface area contributed by atoms with E-state index in [9.17, 15) is 9.90 Å². The monoisotopic (exact) mass is 343 g/mol. The summed E-state index contributed by atoms with van der Waals surface area (Å²) in [6.07, 6.45) is 1.31. The van der Waals surface area contributed by atoms with Crippen LogP contribution in [-0.4, -0.2) is 16.6 Å². The van der Waals surface area contributed by atoms with E-state index in [0.29, 0.717) is 22.5 Å². The molecule has 3 rings (SSSR count). The number of hydrogen-bond donors (Lipinski definition) is 1. The van der Waals surface area contributed by atoms with Crippen LogP contribution in [0.4, 0.5) is 5.69 Å². The molecule has 0 atom stereocenters. The lowest BCUT2D eigenvalue weighted by atomic mass is 9.95. The van der Waals surface area contributed by atoms with Crippen LogP contribution in [0.5, 0.6) is 5.75 Å². The maximum atomic E-state index is 12.3. The molecule has 2 aromatic carbocycles. The Bertz CT molecular complexity index is 850. The van der Waals surface area contributed by atoms with Gasteiger partial charge in [-0.25, -0.2) is 4.99 Å². The van der Waals surface area contributed by atoms with Crippen LogP contribution in [0.15, 0.2) is 75.7 Å². The Labute approximate surface area is 143 Å². The number of ketones is 1. The van der Waals surface area contributed by atoms with E-state index < -0.39 is 0 Å². The Morgan fingerprint density at radius 3 is 2.22 bits per heavy atom. The van der Waals surface area contributed by atoms with Gasteiger partial charge in [0.25, 0.3) is 0 Å². The van der Waals surface area contributed by atoms with E-state index in [-0.39, 0.29) is 21.6 Å². The van der Waals surface area contributed by atoms with Crippen molar-refractivity contribution >= 4 is 46.0 Å². The fraction of sp³-hybridized carbons (Fsp3) is 0. The van der Waals surface area contributed by atoms with Crippen LogP contribution >= 0.6 is 23.2 Å². The molecule has 0 saturated carbocycles. The fourth-order valence-corrected chi connectivity index (χ4v) is 2.85. The summed E-state index contributed by atoms with van der Waals surface area (Å²) in [5, 5.41) is 9.72. The van der Waals surface area contributed by atoms with Crippen LogP contribution in [0.1, 0.15) is 5.56 Å². The van der Waals surface area contributed by atoms with E-state index >= 15 is 0 Å². The van der Waals surface area contributed by atoms with Gasteiger partial charge in [-0.1, -0.05) is 53.5 Å². The van der Waals surface area contributed by atoms with E-state index in [1.54, 1.807) is 24.3 Å². The summed E-state index contributed by atoms with van der Waals surface area (Å²) in [6, 6.07) is 15.4. The minimum absolute atomic E-state index is 0.140. The zero-order chi connectivity index (χ0) is 16.4. The molecule has 1 aliphatic rings. The molecule has 0 spiro atoms. The minimum Gasteiger partial charge on any atom is -0.508 e. The number of allylic oxidation sites excluding steroid dienone is 4. The smallest absolute Gasteiger partial charge is 0.189 e. The maximum absolute atomic E-state index is 12.3. The fourth-order valence-electron chi connectivity index (χ4n) is 2.22. The van der Waals surface area contributed by atoms with Crippen molar-refractivity contribution in [2.45, 2.75) is 0 Å². The second-order valence-corrected chi connectivity index (χ2v) is 5.67. The molecule has 114 valence electrons. The Morgan fingerprint density at radius 1 is 0.913 bits per heavy atom. The molecule has 3 nitrogen and oxygen atoms in total. The first-order valence-corrected chi connectivity index (χ1v) is 7.57. The zero-order valence-electron chi connectivity index (χ0n) is 11.8. The first-order valence-electron chi connectivity index (χ1n) is 6.81. The van der Waals surface area contributed by atoms with Crippen LogP contribution in [0.25, 0.3) is 5.57 Å². The lowest BCUT2D eigenvalue weighted by molar-refractivity contribution is -0.109. The highest BCUT2D eigenvalue weighted by molar-refractivity contribution is 6.63. The minimum atomic E-state index is -0.254. The van der Waals surface area contributed by atoms with Crippen LogP contribution in [0.2, 0.25) is 0 Å². The van der Waals surface area contributed by atoms with E-state index in [1.807, 2.05) is 18.2 Å². The summed E-state index contributed by atoms with van der Waals surface area (Å²) in [5.74, 6) is -0.114. The van der Waals surface area contributed by atoms with Crippen molar-refractivity contribution < 1.29 is 9.90 Å². The van der Waals surface area contributed by atoms with Crippen molar-refractivity contribution in [2.24, 2.45) is 4.99 Å². The third kappa shape index (κ3) is 3.21. The average molecular weight is 344 g/mol. The zero-order valence-corrected chi connectivity index (χ0v) is 13.3. The molecular formula is C18H11Cl2NO2. The number of hydrogen-bond acceptors (Lipinski definition) is 3. The lowest BCUT2D eigenvalue weighted by Gasteiger charge is -2.15. The molecular weight excluding hydrogens is 333 g/mol. The standard InChI is InChI=1S/C18H11Cl2NO2/c19-14-10-15(23)16(11-4-2-1-3-5-11)17(20)18(14)21-12-6-8-13(22)9-7-12/h1-10,22H. The Kier molecular flexibility index (Phi) is 4.33. The van der Waals surface area contributed by atoms with Gasteiger partial charge in [-0.3, -0.25) is 4.79 Å². The molecule has 2 aromatic rings. The van der Waals surface area contributed by atoms with Crippen LogP contribution in [0, 0.1) is 0 Å². The van der Waals surface area contributed by atoms with Gasteiger partial charge in [0, 0.05) is 6.08 Å². The quantitative estimate of drug-likeness (QED) is 0.794. The Balaban J connectivity index is 2.12. The predicted octanol–water partition coefficient (Wildman–Crippen LogP) is 4.82. The van der Waals surface area contributed by atoms with Crippen molar-refractivity contribution in [3.05, 3.63) is 76.3 Å². The first kappa shape index (κ1) is 15.5. The first-order chi connectivity index (χ1) is 11.1. The number of nitrogens with zero attached hydrogens (tertiary/aromatic N) is 1. The number of phenols is 1. The molecule has 0 radical (unpaired) electrons. The van der Waals surface area contributed by atoms with E-state index in [1.165, 1.54) is 18.2 Å². The van der Waals surface area contributed by atoms with Gasteiger partial charge in [0.15, 0.2) is 5.78 Å². The summed E-state index contributed by atoms with van der Waals surface area (Å²) < 4.78 is 0. The molecule has 0 aromatic heterocycles. The summed E-state index contributed by atoms with van der Waals surface area (Å²) in [6.45, 7) is 0. The van der Waals surface area contributed by atoms with E-state index in [0.717, 1.165) is 0 Å². The third-order valence-corrected chi connectivity index (χ3v) is 3.97. The number of carbonyl (C=O) groups is 1. The second-order valence-electron chi connectivity index (χ2n) is 4.89. The number of benzene rings is 2. The van der Waals surface area contributed by atoms with Gasteiger partial charge < -0.3 is 5.11 Å². The lowest BCUT2D eigenvalue weighted by Crippen LogP contribution is -2.14. The van der Waals surface area contributed by atoms with E-state index in [4.69, 9.17) is 23.2 Å². The van der Waals surface area contributed by atoms with Crippen LogP contribution in [-0.2, 0) is 4.79 Å². The summed E-state index contributed by atoms with van der Waals surface area (Å²) >= 11 is 12.6. The van der Waals surface area contributed by atoms with Crippen molar-refractivity contribution in [3.8, 4) is 5.75 Å². The molecule has 0 aliphatic heterocycles. The number of phenolic OH excluding ortho intramolecular Hbond substituents is 1. The SMILES string of the molecule is O=C1C=C(Cl)C(=Nc2ccc(O)cc2)C(Cl)=C1c1ccccc1.